The van der Waals surface area contributed by atoms with Gasteiger partial charge in [0.25, 0.3) is 11.8 Å². The van der Waals surface area contributed by atoms with Crippen molar-refractivity contribution < 1.29 is 32.3 Å². The highest BCUT2D eigenvalue weighted by molar-refractivity contribution is 7.16. The molecule has 1 saturated heterocycles. The van der Waals surface area contributed by atoms with E-state index in [0.29, 0.717) is 18.0 Å². The van der Waals surface area contributed by atoms with Crippen LogP contribution in [0.1, 0.15) is 29.8 Å². The van der Waals surface area contributed by atoms with E-state index in [9.17, 15) is 27.6 Å². The number of hydrogen-bond donors (Lipinski definition) is 3. The van der Waals surface area contributed by atoms with Gasteiger partial charge in [-0.3, -0.25) is 19.8 Å². The summed E-state index contributed by atoms with van der Waals surface area (Å²) < 4.78 is 42.4. The van der Waals surface area contributed by atoms with Crippen LogP contribution >= 0.6 is 22.7 Å². The number of morpholine rings is 1. The van der Waals surface area contributed by atoms with E-state index < -0.39 is 23.8 Å². The minimum absolute atomic E-state index is 0.00118. The maximum atomic E-state index is 12.9. The van der Waals surface area contributed by atoms with Gasteiger partial charge in [-0.25, -0.2) is 0 Å². The molecule has 8 nitrogen and oxygen atoms in total. The number of halogens is 3. The predicted octanol–water partition coefficient (Wildman–Crippen LogP) is 2.39. The van der Waals surface area contributed by atoms with E-state index in [1.54, 1.807) is 4.90 Å². The molecule has 0 aromatic carbocycles. The lowest BCUT2D eigenvalue weighted by molar-refractivity contribution is -0.171. The number of nitrogens with one attached hydrogen (secondary N) is 3. The average molecular weight is 489 g/mol. The topological polar surface area (TPSA) is 112 Å². The van der Waals surface area contributed by atoms with Crippen LogP contribution in [0.2, 0.25) is 0 Å². The van der Waals surface area contributed by atoms with E-state index in [1.807, 2.05) is 18.4 Å². The second-order valence-corrected chi connectivity index (χ2v) is 8.86. The SMILES string of the molecule is Cc1ccsc1C(=O)N1CCOCC1CNC(=O)c1ccc(C(=N)NC(=O)C(F)(F)F)s1. The fourth-order valence-corrected chi connectivity index (χ4v) is 4.66. The van der Waals surface area contributed by atoms with Crippen LogP contribution in [0.25, 0.3) is 0 Å². The Hall–Kier alpha value is -2.77. The number of nitrogens with zero attached hydrogens (tertiary/aromatic N) is 1. The molecular formula is C19H19F3N4O4S2. The van der Waals surface area contributed by atoms with E-state index in [0.717, 1.165) is 16.9 Å². The monoisotopic (exact) mass is 488 g/mol. The molecule has 13 heteroatoms. The molecule has 1 unspecified atom stereocenters. The highest BCUT2D eigenvalue weighted by atomic mass is 32.1. The van der Waals surface area contributed by atoms with Gasteiger partial charge in [0, 0.05) is 13.1 Å². The number of ether oxygens (including phenoxy) is 1. The zero-order valence-electron chi connectivity index (χ0n) is 16.7. The summed E-state index contributed by atoms with van der Waals surface area (Å²) in [6, 6.07) is 4.10. The first-order valence-corrected chi connectivity index (χ1v) is 11.1. The Kier molecular flexibility index (Phi) is 7.31. The molecule has 0 aliphatic carbocycles. The lowest BCUT2D eigenvalue weighted by Gasteiger charge is -2.35. The molecule has 32 heavy (non-hydrogen) atoms. The summed E-state index contributed by atoms with van der Waals surface area (Å²) in [4.78, 5) is 38.8. The van der Waals surface area contributed by atoms with Gasteiger partial charge in [-0.2, -0.15) is 13.2 Å². The van der Waals surface area contributed by atoms with Crippen molar-refractivity contribution >= 4 is 46.2 Å². The van der Waals surface area contributed by atoms with Gasteiger partial charge in [-0.15, -0.1) is 22.7 Å². The Morgan fingerprint density at radius 3 is 2.62 bits per heavy atom. The van der Waals surface area contributed by atoms with E-state index >= 15 is 0 Å². The van der Waals surface area contributed by atoms with Crippen molar-refractivity contribution in [2.24, 2.45) is 0 Å². The number of alkyl halides is 3. The third-order valence-corrected chi connectivity index (χ3v) is 6.72. The molecule has 172 valence electrons. The molecule has 1 atom stereocenters. The molecule has 1 aliphatic rings. The molecule has 2 aromatic rings. The third kappa shape index (κ3) is 5.53. The Balaban J connectivity index is 1.60. The van der Waals surface area contributed by atoms with E-state index in [-0.39, 0.29) is 34.9 Å². The van der Waals surface area contributed by atoms with Gasteiger partial charge in [0.1, 0.15) is 5.84 Å². The smallest absolute Gasteiger partial charge is 0.377 e. The fourth-order valence-electron chi connectivity index (χ4n) is 2.95. The van der Waals surface area contributed by atoms with Crippen molar-refractivity contribution in [3.05, 3.63) is 43.8 Å². The lowest BCUT2D eigenvalue weighted by atomic mass is 10.2. The summed E-state index contributed by atoms with van der Waals surface area (Å²) in [6.07, 6.45) is -5.11. The minimum Gasteiger partial charge on any atom is -0.377 e. The van der Waals surface area contributed by atoms with Crippen LogP contribution in [0.4, 0.5) is 13.2 Å². The van der Waals surface area contributed by atoms with E-state index in [2.05, 4.69) is 5.32 Å². The second kappa shape index (κ2) is 9.79. The molecule has 0 radical (unpaired) electrons. The molecule has 1 aliphatic heterocycles. The third-order valence-electron chi connectivity index (χ3n) is 4.62. The summed E-state index contributed by atoms with van der Waals surface area (Å²) in [7, 11) is 0. The number of hydrogen-bond acceptors (Lipinski definition) is 7. The van der Waals surface area contributed by atoms with Gasteiger partial charge in [0.15, 0.2) is 0 Å². The molecule has 2 aromatic heterocycles. The molecular weight excluding hydrogens is 469 g/mol. The van der Waals surface area contributed by atoms with Crippen molar-refractivity contribution in [2.45, 2.75) is 19.1 Å². The average Bonchev–Trinajstić information content (AvgIpc) is 3.40. The van der Waals surface area contributed by atoms with Crippen molar-refractivity contribution in [1.82, 2.24) is 15.5 Å². The zero-order valence-corrected chi connectivity index (χ0v) is 18.4. The number of aryl methyl sites for hydroxylation is 1. The standard InChI is InChI=1S/C19H19F3N4O4S2/c1-10-4-7-31-14(10)17(28)26-5-6-30-9-11(26)8-24-16(27)13-3-2-12(32-13)15(23)25-18(29)19(20,21)22/h2-4,7,11H,5-6,8-9H2,1H3,(H,24,27)(H2,23,25,29). The van der Waals surface area contributed by atoms with Crippen LogP contribution < -0.4 is 10.6 Å². The van der Waals surface area contributed by atoms with Gasteiger partial charge < -0.3 is 20.3 Å². The summed E-state index contributed by atoms with van der Waals surface area (Å²) in [5.74, 6) is -3.65. The normalized spacial score (nSPS) is 16.5. The number of thiophene rings is 2. The summed E-state index contributed by atoms with van der Waals surface area (Å²) in [5, 5.41) is 13.6. The highest BCUT2D eigenvalue weighted by Gasteiger charge is 2.39. The predicted molar refractivity (Wildman–Crippen MR) is 112 cm³/mol. The van der Waals surface area contributed by atoms with Gasteiger partial charge in [-0.1, -0.05) is 0 Å². The van der Waals surface area contributed by atoms with Gasteiger partial charge in [0.05, 0.1) is 33.9 Å². The lowest BCUT2D eigenvalue weighted by Crippen LogP contribution is -2.53. The first-order chi connectivity index (χ1) is 15.1. The minimum atomic E-state index is -5.11. The number of carbonyl (C=O) groups is 3. The van der Waals surface area contributed by atoms with Crippen LogP contribution in [0.5, 0.6) is 0 Å². The largest absolute Gasteiger partial charge is 0.471 e. The Bertz CT molecular complexity index is 1030. The highest BCUT2D eigenvalue weighted by Crippen LogP contribution is 2.21. The maximum absolute atomic E-state index is 12.9. The van der Waals surface area contributed by atoms with E-state index in [4.69, 9.17) is 10.1 Å². The zero-order chi connectivity index (χ0) is 23.5. The van der Waals surface area contributed by atoms with Crippen LogP contribution in [-0.2, 0) is 9.53 Å². The summed E-state index contributed by atoms with van der Waals surface area (Å²) >= 11 is 2.11. The second-order valence-electron chi connectivity index (χ2n) is 6.86. The number of amides is 3. The van der Waals surface area contributed by atoms with Crippen LogP contribution in [0.15, 0.2) is 23.6 Å². The fraction of sp³-hybridized carbons (Fsp3) is 0.368. The van der Waals surface area contributed by atoms with Gasteiger partial charge in [-0.05, 0) is 36.1 Å². The number of rotatable bonds is 5. The molecule has 3 amide bonds. The molecule has 0 bridgehead atoms. The quantitative estimate of drug-likeness (QED) is 0.443. The number of amidine groups is 1. The van der Waals surface area contributed by atoms with Gasteiger partial charge in [0.2, 0.25) is 0 Å². The molecule has 3 heterocycles. The summed E-state index contributed by atoms with van der Waals surface area (Å²) in [6.45, 7) is 2.99. The van der Waals surface area contributed by atoms with Crippen molar-refractivity contribution in [3.63, 3.8) is 0 Å². The van der Waals surface area contributed by atoms with Crippen LogP contribution in [0.3, 0.4) is 0 Å². The van der Waals surface area contributed by atoms with Crippen molar-refractivity contribution in [2.75, 3.05) is 26.3 Å². The van der Waals surface area contributed by atoms with Crippen molar-refractivity contribution in [1.29, 1.82) is 5.41 Å². The molecule has 3 rings (SSSR count). The first kappa shape index (κ1) is 23.9. The van der Waals surface area contributed by atoms with Crippen molar-refractivity contribution in [3.8, 4) is 0 Å². The molecule has 0 spiro atoms. The Labute approximate surface area is 188 Å². The van der Waals surface area contributed by atoms with Gasteiger partial charge >= 0.3 is 12.1 Å². The molecule has 1 fully saturated rings. The van der Waals surface area contributed by atoms with Crippen LogP contribution in [-0.4, -0.2) is 67.0 Å². The summed E-state index contributed by atoms with van der Waals surface area (Å²) in [5.41, 5.74) is 0.875. The Morgan fingerprint density at radius 1 is 1.25 bits per heavy atom. The van der Waals surface area contributed by atoms with Crippen LogP contribution in [0, 0.1) is 12.3 Å². The molecule has 3 N–H and O–H groups in total. The first-order valence-electron chi connectivity index (χ1n) is 9.36. The Morgan fingerprint density at radius 2 is 1.97 bits per heavy atom. The number of carbonyl (C=O) groups excluding carboxylic acids is 3. The molecule has 0 saturated carbocycles. The maximum Gasteiger partial charge on any atom is 0.471 e. The van der Waals surface area contributed by atoms with E-state index in [1.165, 1.54) is 28.8 Å².